The molecule has 0 bridgehead atoms. The van der Waals surface area contributed by atoms with Gasteiger partial charge in [-0.1, -0.05) is 37.6 Å². The molecule has 1 fully saturated rings. The summed E-state index contributed by atoms with van der Waals surface area (Å²) in [5, 5.41) is 4.03. The third kappa shape index (κ3) is 9.08. The summed E-state index contributed by atoms with van der Waals surface area (Å²) in [6, 6.07) is 0.548. The van der Waals surface area contributed by atoms with E-state index >= 15 is 0 Å². The van der Waals surface area contributed by atoms with Crippen LogP contribution in [0.15, 0.2) is 39.6 Å². The van der Waals surface area contributed by atoms with Crippen LogP contribution in [0.3, 0.4) is 0 Å². The third-order valence-corrected chi connectivity index (χ3v) is 7.49. The lowest BCUT2D eigenvalue weighted by Crippen LogP contribution is -2.45. The summed E-state index contributed by atoms with van der Waals surface area (Å²) < 4.78 is 0. The molecule has 0 radical (unpaired) electrons. The number of nitrogens with two attached hydrogens (primary N) is 1. The molecule has 0 spiro atoms. The fourth-order valence-electron chi connectivity index (χ4n) is 5.23. The van der Waals surface area contributed by atoms with E-state index < -0.39 is 0 Å². The third-order valence-electron chi connectivity index (χ3n) is 7.31. The highest BCUT2D eigenvalue weighted by Crippen LogP contribution is 2.39. The van der Waals surface area contributed by atoms with E-state index in [2.05, 4.69) is 46.2 Å². The molecule has 14 heteroatoms. The quantitative estimate of drug-likeness (QED) is 0.504. The number of aliphatic imine (C=N–C) groups is 2. The molecule has 1 aromatic heterocycles. The Hall–Kier alpha value is -1.34. The van der Waals surface area contributed by atoms with Gasteiger partial charge >= 0.3 is 0 Å². The van der Waals surface area contributed by atoms with Gasteiger partial charge in [-0.3, -0.25) is 4.98 Å². The molecule has 2 atom stereocenters. The monoisotopic (exact) mass is 629 g/mol. The Morgan fingerprint density at radius 1 is 1.13 bits per heavy atom. The van der Waals surface area contributed by atoms with Crippen molar-refractivity contribution < 1.29 is 16.4 Å². The van der Waals surface area contributed by atoms with E-state index in [9.17, 15) is 0 Å². The molecule has 1 aromatic rings. The minimum absolute atomic E-state index is 0. The Morgan fingerprint density at radius 3 is 2.49 bits per heavy atom. The van der Waals surface area contributed by atoms with E-state index in [1.807, 2.05) is 0 Å². The first-order chi connectivity index (χ1) is 16.0. The predicted octanol–water partition coefficient (Wildman–Crippen LogP) is 2.40. The van der Waals surface area contributed by atoms with Crippen molar-refractivity contribution >= 4 is 60.5 Å². The number of nitrogens with one attached hydrogen (secondary N) is 1. The van der Waals surface area contributed by atoms with Crippen LogP contribution in [0.5, 0.6) is 0 Å². The molecule has 10 nitrogen and oxygen atoms in total. The summed E-state index contributed by atoms with van der Waals surface area (Å²) in [7, 11) is 0. The van der Waals surface area contributed by atoms with Gasteiger partial charge < -0.3 is 32.4 Å². The first-order valence-electron chi connectivity index (χ1n) is 12.3. The number of fused-ring (bicyclic) bond motifs is 2. The van der Waals surface area contributed by atoms with Crippen molar-refractivity contribution in [2.45, 2.75) is 70.4 Å². The Morgan fingerprint density at radius 2 is 1.82 bits per heavy atom. The Labute approximate surface area is 254 Å². The van der Waals surface area contributed by atoms with E-state index in [0.29, 0.717) is 17.1 Å². The molecule has 4 aliphatic rings. The Balaban J connectivity index is 0. The first kappa shape index (κ1) is 39.8. The fourth-order valence-corrected chi connectivity index (χ4v) is 5.38. The molecule has 39 heavy (non-hydrogen) atoms. The van der Waals surface area contributed by atoms with Gasteiger partial charge in [-0.15, -0.1) is 37.2 Å². The van der Waals surface area contributed by atoms with Crippen LogP contribution in [-0.2, 0) is 6.42 Å². The molecule has 0 aromatic carbocycles. The van der Waals surface area contributed by atoms with Crippen LogP contribution in [0.2, 0.25) is 5.15 Å². The number of piperidine rings is 1. The maximum absolute atomic E-state index is 6.27. The Bertz CT molecular complexity index is 1040. The van der Waals surface area contributed by atoms with Gasteiger partial charge in [0, 0.05) is 38.0 Å². The summed E-state index contributed by atoms with van der Waals surface area (Å²) in [5.74, 6) is 1.49. The van der Waals surface area contributed by atoms with Gasteiger partial charge in [0.15, 0.2) is 0 Å². The predicted molar refractivity (Wildman–Crippen MR) is 166 cm³/mol. The molecule has 1 saturated heterocycles. The van der Waals surface area contributed by atoms with Crippen molar-refractivity contribution in [3.63, 3.8) is 0 Å². The van der Waals surface area contributed by atoms with Gasteiger partial charge in [0.25, 0.3) is 0 Å². The number of halogens is 4. The van der Waals surface area contributed by atoms with Crippen LogP contribution in [0, 0.1) is 5.92 Å². The number of hydrogen-bond donors (Lipinski definition) is 2. The summed E-state index contributed by atoms with van der Waals surface area (Å²) >= 11 is 6.10. The lowest BCUT2D eigenvalue weighted by atomic mass is 9.80. The van der Waals surface area contributed by atoms with Crippen LogP contribution < -0.4 is 11.1 Å². The van der Waals surface area contributed by atoms with E-state index in [1.54, 1.807) is 6.20 Å². The van der Waals surface area contributed by atoms with Gasteiger partial charge in [0.05, 0.1) is 35.0 Å². The standard InChI is InChI=1S/C25H34ClN7.3ClH.3H2O/c1-15(2)19(27)14-33-11-9-16(10-12-33)29-25-31-21-8-4-6-18(24(21)32-25)17-5-3-7-20-23(17)28-13-22(26)30-20;;;;;;/h4,6,13,15-17,19H,3,5,7-12,14,27H2,1-2H3,(H,29,32);3*1H;3*1H2. The molecule has 2 unspecified atom stereocenters. The number of nitrogens with zero attached hydrogens (tertiary/aromatic N) is 5. The summed E-state index contributed by atoms with van der Waals surface area (Å²) in [4.78, 5) is 21.5. The van der Waals surface area contributed by atoms with E-state index in [1.165, 1.54) is 5.57 Å². The lowest BCUT2D eigenvalue weighted by molar-refractivity contribution is 0.191. The van der Waals surface area contributed by atoms with Gasteiger partial charge in [0.1, 0.15) is 5.15 Å². The van der Waals surface area contributed by atoms with E-state index in [-0.39, 0.29) is 65.6 Å². The SMILES string of the molecule is CC(C)C(N)CN1CCC(N=C2N=C3CC=CC(C4CCCc5nc(Cl)cnc54)=C3N2)CC1.Cl.Cl.Cl.O.O.O. The highest BCUT2D eigenvalue weighted by Gasteiger charge is 2.32. The molecule has 2 aliphatic carbocycles. The number of rotatable bonds is 5. The number of aryl methyl sites for hydroxylation is 1. The number of hydrogen-bond acceptors (Lipinski definition) is 5. The second-order valence-corrected chi connectivity index (χ2v) is 10.4. The fraction of sp³-hybridized carbons (Fsp3) is 0.600. The summed E-state index contributed by atoms with van der Waals surface area (Å²) in [6.07, 6.45) is 12.1. The molecular formula is C25H43Cl4N7O3. The zero-order valence-corrected chi connectivity index (χ0v) is 25.5. The minimum atomic E-state index is 0. The largest absolute Gasteiger partial charge is 0.412 e. The van der Waals surface area contributed by atoms with Crippen molar-refractivity contribution in [3.05, 3.63) is 46.2 Å². The van der Waals surface area contributed by atoms with Crippen molar-refractivity contribution in [2.24, 2.45) is 21.6 Å². The van der Waals surface area contributed by atoms with Crippen LogP contribution in [0.4, 0.5) is 0 Å². The molecule has 224 valence electrons. The average Bonchev–Trinajstić information content (AvgIpc) is 3.22. The molecule has 5 rings (SSSR count). The second-order valence-electron chi connectivity index (χ2n) is 9.98. The Kier molecular flexibility index (Phi) is 17.8. The maximum atomic E-state index is 6.27. The van der Waals surface area contributed by atoms with Gasteiger partial charge in [-0.25, -0.2) is 15.0 Å². The van der Waals surface area contributed by atoms with Crippen LogP contribution in [-0.4, -0.2) is 74.7 Å². The number of guanidine groups is 1. The van der Waals surface area contributed by atoms with E-state index in [4.69, 9.17) is 27.3 Å². The number of allylic oxidation sites excluding steroid dienone is 4. The van der Waals surface area contributed by atoms with Crippen LogP contribution in [0.1, 0.15) is 63.3 Å². The van der Waals surface area contributed by atoms with Crippen LogP contribution >= 0.6 is 48.8 Å². The zero-order chi connectivity index (χ0) is 22.9. The molecule has 0 saturated carbocycles. The topological polar surface area (TPSA) is 186 Å². The number of likely N-dealkylation sites (tertiary alicyclic amines) is 1. The maximum Gasteiger partial charge on any atom is 0.223 e. The zero-order valence-electron chi connectivity index (χ0n) is 22.3. The van der Waals surface area contributed by atoms with Crippen molar-refractivity contribution in [1.82, 2.24) is 20.2 Å². The second kappa shape index (κ2) is 17.5. The van der Waals surface area contributed by atoms with Crippen molar-refractivity contribution in [2.75, 3.05) is 19.6 Å². The molecule has 3 heterocycles. The van der Waals surface area contributed by atoms with Crippen LogP contribution in [0.25, 0.3) is 0 Å². The highest BCUT2D eigenvalue weighted by atomic mass is 35.5. The summed E-state index contributed by atoms with van der Waals surface area (Å²) in [6.45, 7) is 7.46. The van der Waals surface area contributed by atoms with Crippen molar-refractivity contribution in [1.29, 1.82) is 0 Å². The molecule has 0 amide bonds. The first-order valence-corrected chi connectivity index (χ1v) is 12.7. The normalized spacial score (nSPS) is 21.8. The smallest absolute Gasteiger partial charge is 0.223 e. The van der Waals surface area contributed by atoms with Gasteiger partial charge in [0.2, 0.25) is 5.96 Å². The molecular weight excluding hydrogens is 588 g/mol. The number of aromatic nitrogens is 2. The minimum Gasteiger partial charge on any atom is -0.412 e. The molecule has 2 aliphatic heterocycles. The highest BCUT2D eigenvalue weighted by molar-refractivity contribution is 6.29. The molecule has 9 N–H and O–H groups in total. The van der Waals surface area contributed by atoms with Crippen molar-refractivity contribution in [3.8, 4) is 0 Å². The van der Waals surface area contributed by atoms with E-state index in [0.717, 1.165) is 86.9 Å². The summed E-state index contributed by atoms with van der Waals surface area (Å²) in [5.41, 5.74) is 11.8. The lowest BCUT2D eigenvalue weighted by Gasteiger charge is -2.33. The van der Waals surface area contributed by atoms with Gasteiger partial charge in [-0.05, 0) is 43.6 Å². The van der Waals surface area contributed by atoms with Gasteiger partial charge in [-0.2, -0.15) is 0 Å². The average molecular weight is 631 g/mol.